The number of rotatable bonds is 6. The molecule has 7 nitrogen and oxygen atoms in total. The standard InChI is InChI=1S/C12H17N3O4S/c1-8(20(3)19)7-14-10-5-4-9(12(16)13-2)6-11(10)15(17)18/h4-6,8,14H,7H2,1-3H3,(H,13,16). The van der Waals surface area contributed by atoms with Crippen LogP contribution in [0.3, 0.4) is 0 Å². The van der Waals surface area contributed by atoms with Gasteiger partial charge in [-0.3, -0.25) is 19.1 Å². The van der Waals surface area contributed by atoms with Gasteiger partial charge in [-0.2, -0.15) is 0 Å². The Morgan fingerprint density at radius 1 is 1.50 bits per heavy atom. The van der Waals surface area contributed by atoms with Crippen LogP contribution in [0.1, 0.15) is 17.3 Å². The van der Waals surface area contributed by atoms with Gasteiger partial charge >= 0.3 is 0 Å². The molecule has 0 radical (unpaired) electrons. The number of nitro benzene ring substituents is 1. The average molecular weight is 299 g/mol. The van der Waals surface area contributed by atoms with Crippen molar-refractivity contribution in [2.24, 2.45) is 0 Å². The van der Waals surface area contributed by atoms with Gasteiger partial charge in [0.2, 0.25) is 0 Å². The number of carbonyl (C=O) groups excluding carboxylic acids is 1. The van der Waals surface area contributed by atoms with E-state index in [-0.39, 0.29) is 22.4 Å². The number of nitrogens with one attached hydrogen (secondary N) is 2. The van der Waals surface area contributed by atoms with Crippen LogP contribution in [-0.2, 0) is 10.8 Å². The lowest BCUT2D eigenvalue weighted by Gasteiger charge is -2.12. The Morgan fingerprint density at radius 2 is 2.15 bits per heavy atom. The van der Waals surface area contributed by atoms with E-state index in [4.69, 9.17) is 0 Å². The second-order valence-corrected chi connectivity index (χ2v) is 6.06. The van der Waals surface area contributed by atoms with Crippen molar-refractivity contribution >= 4 is 28.1 Å². The van der Waals surface area contributed by atoms with E-state index >= 15 is 0 Å². The lowest BCUT2D eigenvalue weighted by Crippen LogP contribution is -2.21. The summed E-state index contributed by atoms with van der Waals surface area (Å²) in [7, 11) is 0.446. The molecule has 1 aromatic rings. The summed E-state index contributed by atoms with van der Waals surface area (Å²) < 4.78 is 11.3. The Kier molecular flexibility index (Phi) is 5.63. The number of amides is 1. The fourth-order valence-electron chi connectivity index (χ4n) is 1.49. The van der Waals surface area contributed by atoms with Crippen LogP contribution in [0.2, 0.25) is 0 Å². The first kappa shape index (κ1) is 16.1. The quantitative estimate of drug-likeness (QED) is 0.605. The molecule has 1 aromatic carbocycles. The van der Waals surface area contributed by atoms with Crippen molar-refractivity contribution in [1.82, 2.24) is 5.32 Å². The third-order valence-corrected chi connectivity index (χ3v) is 4.13. The highest BCUT2D eigenvalue weighted by Gasteiger charge is 2.18. The second kappa shape index (κ2) is 6.99. The lowest BCUT2D eigenvalue weighted by molar-refractivity contribution is -0.384. The van der Waals surface area contributed by atoms with Gasteiger partial charge in [0, 0.05) is 47.5 Å². The normalized spacial score (nSPS) is 13.3. The third-order valence-electron chi connectivity index (χ3n) is 2.83. The van der Waals surface area contributed by atoms with E-state index in [0.717, 1.165) is 0 Å². The minimum atomic E-state index is -1.01. The highest BCUT2D eigenvalue weighted by molar-refractivity contribution is 7.84. The van der Waals surface area contributed by atoms with Crippen LogP contribution >= 0.6 is 0 Å². The van der Waals surface area contributed by atoms with Gasteiger partial charge < -0.3 is 10.6 Å². The molecule has 8 heteroatoms. The van der Waals surface area contributed by atoms with E-state index in [9.17, 15) is 19.1 Å². The number of hydrogen-bond acceptors (Lipinski definition) is 5. The van der Waals surface area contributed by atoms with E-state index in [1.54, 1.807) is 13.2 Å². The highest BCUT2D eigenvalue weighted by atomic mass is 32.2. The zero-order chi connectivity index (χ0) is 15.3. The van der Waals surface area contributed by atoms with Crippen LogP contribution in [0.25, 0.3) is 0 Å². The number of nitro groups is 1. The highest BCUT2D eigenvalue weighted by Crippen LogP contribution is 2.25. The van der Waals surface area contributed by atoms with Crippen molar-refractivity contribution < 1.29 is 13.9 Å². The number of carbonyl (C=O) groups is 1. The molecule has 0 saturated carbocycles. The molecule has 0 spiro atoms. The van der Waals surface area contributed by atoms with Crippen molar-refractivity contribution in [2.45, 2.75) is 12.2 Å². The second-order valence-electron chi connectivity index (χ2n) is 4.26. The molecule has 0 aliphatic heterocycles. The smallest absolute Gasteiger partial charge is 0.293 e. The molecule has 110 valence electrons. The topological polar surface area (TPSA) is 101 Å². The first-order valence-electron chi connectivity index (χ1n) is 5.93. The van der Waals surface area contributed by atoms with E-state index in [1.165, 1.54) is 25.2 Å². The average Bonchev–Trinajstić information content (AvgIpc) is 2.43. The summed E-state index contributed by atoms with van der Waals surface area (Å²) in [5.41, 5.74) is 0.344. The van der Waals surface area contributed by atoms with Crippen LogP contribution in [-0.4, -0.2) is 40.1 Å². The molecule has 2 atom stereocenters. The zero-order valence-electron chi connectivity index (χ0n) is 11.5. The maximum atomic E-state index is 11.5. The molecule has 0 aromatic heterocycles. The molecule has 1 rings (SSSR count). The van der Waals surface area contributed by atoms with Gasteiger partial charge in [-0.25, -0.2) is 0 Å². The van der Waals surface area contributed by atoms with Crippen molar-refractivity contribution in [1.29, 1.82) is 0 Å². The summed E-state index contributed by atoms with van der Waals surface area (Å²) in [6.07, 6.45) is 1.58. The molecule has 2 unspecified atom stereocenters. The molecule has 1 amide bonds. The Bertz CT molecular complexity index is 548. The summed E-state index contributed by atoms with van der Waals surface area (Å²) in [5.74, 6) is -0.386. The number of benzene rings is 1. The minimum Gasteiger partial charge on any atom is -0.378 e. The Labute approximate surface area is 119 Å². The molecular weight excluding hydrogens is 282 g/mol. The monoisotopic (exact) mass is 299 g/mol. The Morgan fingerprint density at radius 3 is 2.65 bits per heavy atom. The Balaban J connectivity index is 2.99. The summed E-state index contributed by atoms with van der Waals surface area (Å²) in [6.45, 7) is 2.14. The van der Waals surface area contributed by atoms with Gasteiger partial charge in [0.25, 0.3) is 11.6 Å². The number of nitrogens with zero attached hydrogens (tertiary/aromatic N) is 1. The van der Waals surface area contributed by atoms with Crippen molar-refractivity contribution in [2.75, 3.05) is 25.2 Å². The summed E-state index contributed by atoms with van der Waals surface area (Å²) in [4.78, 5) is 21.9. The molecule has 2 N–H and O–H groups in total. The first-order chi connectivity index (χ1) is 9.36. The fourth-order valence-corrected chi connectivity index (χ4v) is 1.81. The van der Waals surface area contributed by atoms with Gasteiger partial charge in [0.15, 0.2) is 0 Å². The van der Waals surface area contributed by atoms with Crippen molar-refractivity contribution in [3.05, 3.63) is 33.9 Å². The summed E-state index contributed by atoms with van der Waals surface area (Å²) >= 11 is 0. The van der Waals surface area contributed by atoms with Crippen LogP contribution in [0, 0.1) is 10.1 Å². The predicted octanol–water partition coefficient (Wildman–Crippen LogP) is 1.13. The fraction of sp³-hybridized carbons (Fsp3) is 0.417. The number of hydrogen-bond donors (Lipinski definition) is 2. The first-order valence-corrected chi connectivity index (χ1v) is 7.55. The predicted molar refractivity (Wildman–Crippen MR) is 78.5 cm³/mol. The summed E-state index contributed by atoms with van der Waals surface area (Å²) in [6, 6.07) is 4.20. The SMILES string of the molecule is CNC(=O)c1ccc(NCC(C)S(C)=O)c([N+](=O)[O-])c1. The van der Waals surface area contributed by atoms with E-state index in [0.29, 0.717) is 12.2 Å². The molecule has 0 bridgehead atoms. The van der Waals surface area contributed by atoms with Crippen molar-refractivity contribution in [3.8, 4) is 0 Å². The van der Waals surface area contributed by atoms with Gasteiger partial charge in [-0.05, 0) is 19.1 Å². The molecule has 0 fully saturated rings. The third kappa shape index (κ3) is 4.02. The maximum absolute atomic E-state index is 11.5. The molecule has 0 heterocycles. The van der Waals surface area contributed by atoms with Crippen molar-refractivity contribution in [3.63, 3.8) is 0 Å². The van der Waals surface area contributed by atoms with Crippen LogP contribution < -0.4 is 10.6 Å². The van der Waals surface area contributed by atoms with Gasteiger partial charge in [-0.1, -0.05) is 0 Å². The van der Waals surface area contributed by atoms with Gasteiger partial charge in [0.1, 0.15) is 5.69 Å². The summed E-state index contributed by atoms with van der Waals surface area (Å²) in [5, 5.41) is 16.2. The van der Waals surface area contributed by atoms with Crippen LogP contribution in [0.4, 0.5) is 11.4 Å². The van der Waals surface area contributed by atoms with Crippen LogP contribution in [0.5, 0.6) is 0 Å². The zero-order valence-corrected chi connectivity index (χ0v) is 12.3. The van der Waals surface area contributed by atoms with E-state index < -0.39 is 15.7 Å². The minimum absolute atomic E-state index is 0.131. The number of anilines is 1. The molecule has 0 aliphatic carbocycles. The Hall–Kier alpha value is -1.96. The lowest BCUT2D eigenvalue weighted by atomic mass is 10.1. The maximum Gasteiger partial charge on any atom is 0.293 e. The molecular formula is C12H17N3O4S. The van der Waals surface area contributed by atoms with E-state index in [1.807, 2.05) is 0 Å². The largest absolute Gasteiger partial charge is 0.378 e. The molecule has 0 saturated heterocycles. The van der Waals surface area contributed by atoms with Gasteiger partial charge in [0.05, 0.1) is 4.92 Å². The van der Waals surface area contributed by atoms with Crippen LogP contribution in [0.15, 0.2) is 18.2 Å². The molecule has 0 aliphatic rings. The molecule has 20 heavy (non-hydrogen) atoms. The van der Waals surface area contributed by atoms with Gasteiger partial charge in [-0.15, -0.1) is 0 Å². The van der Waals surface area contributed by atoms with E-state index in [2.05, 4.69) is 10.6 Å².